The minimum Gasteiger partial charge on any atom is -0.387 e. The Hall–Kier alpha value is -1.80. The van der Waals surface area contributed by atoms with Crippen molar-refractivity contribution in [2.45, 2.75) is 161 Å². The van der Waals surface area contributed by atoms with Crippen LogP contribution in [-0.2, 0) is 18.4 Å². The van der Waals surface area contributed by atoms with Crippen molar-refractivity contribution < 1.29 is 28.4 Å². The predicted molar refractivity (Wildman–Crippen MR) is 203 cm³/mol. The number of allylic oxidation sites excluding steroid dienone is 9. The van der Waals surface area contributed by atoms with Crippen molar-refractivity contribution in [1.29, 1.82) is 0 Å². The van der Waals surface area contributed by atoms with Gasteiger partial charge < -0.3 is 21.1 Å². The first kappa shape index (κ1) is 46.2. The number of nitrogens with two attached hydrogens (primary N) is 1. The summed E-state index contributed by atoms with van der Waals surface area (Å²) < 4.78 is 22.0. The number of hydrogen-bond donors (Lipinski definition) is 4. The van der Waals surface area contributed by atoms with E-state index in [0.29, 0.717) is 6.42 Å². The predicted octanol–water partition coefficient (Wildman–Crippen LogP) is 9.94. The second-order valence-electron chi connectivity index (χ2n) is 12.4. The molecule has 8 nitrogen and oxygen atoms in total. The molecular weight excluding hydrogens is 623 g/mol. The number of aliphatic hydroxyl groups is 1. The van der Waals surface area contributed by atoms with Crippen molar-refractivity contribution in [2.24, 2.45) is 5.73 Å². The maximum Gasteiger partial charge on any atom is 0.472 e. The Balaban J connectivity index is 4.18. The maximum absolute atomic E-state index is 12.7. The molecule has 0 spiro atoms. The molecule has 0 aromatic heterocycles. The fourth-order valence-electron chi connectivity index (χ4n) is 5.00. The molecule has 0 aromatic rings. The van der Waals surface area contributed by atoms with Crippen molar-refractivity contribution in [3.05, 3.63) is 60.8 Å². The summed E-state index contributed by atoms with van der Waals surface area (Å²) in [5.74, 6) is -0.210. The van der Waals surface area contributed by atoms with Crippen LogP contribution in [0.5, 0.6) is 0 Å². The summed E-state index contributed by atoms with van der Waals surface area (Å²) >= 11 is 0. The number of aliphatic hydroxyl groups excluding tert-OH is 1. The van der Waals surface area contributed by atoms with Gasteiger partial charge in [0.05, 0.1) is 25.4 Å². The first-order valence-electron chi connectivity index (χ1n) is 18.9. The quantitative estimate of drug-likeness (QED) is 0.0300. The summed E-state index contributed by atoms with van der Waals surface area (Å²) in [6.45, 7) is 3.94. The Labute approximate surface area is 294 Å². The molecule has 0 bridgehead atoms. The molecule has 0 saturated heterocycles. The highest BCUT2D eigenvalue weighted by Crippen LogP contribution is 2.43. The van der Waals surface area contributed by atoms with E-state index in [0.717, 1.165) is 70.6 Å². The van der Waals surface area contributed by atoms with Gasteiger partial charge in [-0.05, 0) is 57.8 Å². The summed E-state index contributed by atoms with van der Waals surface area (Å²) in [7, 11) is -4.33. The Bertz CT molecular complexity index is 933. The third kappa shape index (κ3) is 32.7. The van der Waals surface area contributed by atoms with Gasteiger partial charge in [-0.1, -0.05) is 145 Å². The van der Waals surface area contributed by atoms with Crippen molar-refractivity contribution in [3.8, 4) is 0 Å². The number of phosphoric acid groups is 1. The Morgan fingerprint density at radius 1 is 0.708 bits per heavy atom. The highest BCUT2D eigenvalue weighted by Gasteiger charge is 2.26. The lowest BCUT2D eigenvalue weighted by Crippen LogP contribution is -2.45. The van der Waals surface area contributed by atoms with Crippen LogP contribution in [0.25, 0.3) is 0 Å². The molecule has 0 rings (SSSR count). The summed E-state index contributed by atoms with van der Waals surface area (Å²) in [4.78, 5) is 22.5. The van der Waals surface area contributed by atoms with Gasteiger partial charge >= 0.3 is 7.82 Å². The van der Waals surface area contributed by atoms with Crippen molar-refractivity contribution in [2.75, 3.05) is 19.8 Å². The zero-order valence-corrected chi connectivity index (χ0v) is 31.3. The van der Waals surface area contributed by atoms with Crippen LogP contribution < -0.4 is 11.1 Å². The number of amides is 1. The van der Waals surface area contributed by atoms with Gasteiger partial charge in [-0.2, -0.15) is 0 Å². The SMILES string of the molecule is CC/C=C\C/C=C\C/C=C\C/C=C\CCCCCCCCCCC(=O)NC(COP(=O)(O)OCCN)C(O)/C=C/CCCCCCCC. The first-order valence-corrected chi connectivity index (χ1v) is 20.4. The van der Waals surface area contributed by atoms with Gasteiger partial charge in [0, 0.05) is 13.0 Å². The van der Waals surface area contributed by atoms with Crippen molar-refractivity contribution in [1.82, 2.24) is 5.32 Å². The molecule has 1 amide bonds. The fraction of sp³-hybridized carbons (Fsp3) is 0.718. The largest absolute Gasteiger partial charge is 0.472 e. The van der Waals surface area contributed by atoms with Gasteiger partial charge in [0.15, 0.2) is 0 Å². The molecule has 0 aliphatic rings. The third-order valence-corrected chi connectivity index (χ3v) is 8.83. The van der Waals surface area contributed by atoms with Gasteiger partial charge in [-0.3, -0.25) is 13.8 Å². The Kier molecular flexibility index (Phi) is 33.7. The zero-order chi connectivity index (χ0) is 35.4. The molecule has 0 fully saturated rings. The van der Waals surface area contributed by atoms with Crippen molar-refractivity contribution >= 4 is 13.7 Å². The lowest BCUT2D eigenvalue weighted by atomic mass is 10.1. The van der Waals surface area contributed by atoms with Crippen LogP contribution in [-0.4, -0.2) is 47.8 Å². The van der Waals surface area contributed by atoms with Crippen LogP contribution in [0.3, 0.4) is 0 Å². The van der Waals surface area contributed by atoms with E-state index in [9.17, 15) is 19.4 Å². The van der Waals surface area contributed by atoms with E-state index in [2.05, 4.69) is 67.8 Å². The number of unbranched alkanes of at least 4 members (excludes halogenated alkanes) is 14. The lowest BCUT2D eigenvalue weighted by molar-refractivity contribution is -0.123. The number of carbonyl (C=O) groups excluding carboxylic acids is 1. The number of phosphoric ester groups is 1. The molecule has 3 unspecified atom stereocenters. The van der Waals surface area contributed by atoms with Crippen LogP contribution in [0.15, 0.2) is 60.8 Å². The fourth-order valence-corrected chi connectivity index (χ4v) is 5.76. The topological polar surface area (TPSA) is 131 Å². The van der Waals surface area contributed by atoms with E-state index in [1.54, 1.807) is 6.08 Å². The minimum absolute atomic E-state index is 0.0740. The van der Waals surface area contributed by atoms with E-state index in [1.807, 2.05) is 6.08 Å². The van der Waals surface area contributed by atoms with E-state index in [1.165, 1.54) is 57.8 Å². The number of carbonyl (C=O) groups is 1. The lowest BCUT2D eigenvalue weighted by Gasteiger charge is -2.23. The normalized spacial score (nSPS) is 15.0. The average Bonchev–Trinajstić information content (AvgIpc) is 3.07. The molecule has 0 saturated carbocycles. The first-order chi connectivity index (χ1) is 23.4. The molecule has 48 heavy (non-hydrogen) atoms. The zero-order valence-electron chi connectivity index (χ0n) is 30.5. The Morgan fingerprint density at radius 2 is 1.21 bits per heavy atom. The molecule has 0 aliphatic heterocycles. The number of hydrogen-bond acceptors (Lipinski definition) is 6. The molecule has 0 aromatic carbocycles. The van der Waals surface area contributed by atoms with E-state index >= 15 is 0 Å². The van der Waals surface area contributed by atoms with E-state index < -0.39 is 20.0 Å². The molecule has 0 radical (unpaired) electrons. The maximum atomic E-state index is 12.7. The van der Waals surface area contributed by atoms with Crippen LogP contribution in [0.1, 0.15) is 149 Å². The van der Waals surface area contributed by atoms with Gasteiger partial charge in [0.2, 0.25) is 5.91 Å². The smallest absolute Gasteiger partial charge is 0.387 e. The molecule has 9 heteroatoms. The van der Waals surface area contributed by atoms with Gasteiger partial charge in [0.25, 0.3) is 0 Å². The highest BCUT2D eigenvalue weighted by atomic mass is 31.2. The molecule has 5 N–H and O–H groups in total. The van der Waals surface area contributed by atoms with Crippen LogP contribution in [0, 0.1) is 0 Å². The molecular formula is C39H71N2O6P. The second kappa shape index (κ2) is 35.0. The summed E-state index contributed by atoms with van der Waals surface area (Å²) in [5.41, 5.74) is 5.34. The summed E-state index contributed by atoms with van der Waals surface area (Å²) in [6, 6.07) is -0.864. The summed E-state index contributed by atoms with van der Waals surface area (Å²) in [6.07, 6.45) is 42.8. The second-order valence-corrected chi connectivity index (χ2v) is 13.9. The molecule has 0 heterocycles. The minimum atomic E-state index is -4.33. The van der Waals surface area contributed by atoms with Gasteiger partial charge in [0.1, 0.15) is 0 Å². The number of nitrogens with one attached hydrogen (secondary N) is 1. The van der Waals surface area contributed by atoms with E-state index in [4.69, 9.17) is 14.8 Å². The average molecular weight is 695 g/mol. The molecule has 278 valence electrons. The van der Waals surface area contributed by atoms with Gasteiger partial charge in [-0.25, -0.2) is 4.57 Å². The van der Waals surface area contributed by atoms with Crippen LogP contribution in [0.4, 0.5) is 0 Å². The van der Waals surface area contributed by atoms with E-state index in [-0.39, 0.29) is 25.7 Å². The summed E-state index contributed by atoms with van der Waals surface area (Å²) in [5, 5.41) is 13.5. The highest BCUT2D eigenvalue weighted by molar-refractivity contribution is 7.47. The standard InChI is InChI=1S/C39H71N2O6P/c1-3-5-7-9-11-13-14-15-16-17-18-19-20-21-22-23-24-25-27-29-31-33-39(43)41-37(36-47-48(44,45)46-35-34-40)38(42)32-30-28-26-12-10-8-6-4-2/h5,7,11,13,15-16,18-19,30,32,37-38,42H,3-4,6,8-10,12,14,17,20-29,31,33-36,40H2,1-2H3,(H,41,43)(H,44,45)/b7-5-,13-11-,16-15-,19-18-,32-30+. The Morgan fingerprint density at radius 3 is 1.77 bits per heavy atom. The van der Waals surface area contributed by atoms with Crippen LogP contribution >= 0.6 is 7.82 Å². The van der Waals surface area contributed by atoms with Crippen molar-refractivity contribution in [3.63, 3.8) is 0 Å². The number of rotatable bonds is 34. The molecule has 3 atom stereocenters. The third-order valence-electron chi connectivity index (χ3n) is 7.85. The monoisotopic (exact) mass is 695 g/mol. The van der Waals surface area contributed by atoms with Gasteiger partial charge in [-0.15, -0.1) is 0 Å². The molecule has 0 aliphatic carbocycles. The van der Waals surface area contributed by atoms with Crippen LogP contribution in [0.2, 0.25) is 0 Å².